The number of carbonyl (C=O) groups excluding carboxylic acids is 3. The molecular weight excluding hydrogens is 334 g/mol. The summed E-state index contributed by atoms with van der Waals surface area (Å²) >= 11 is 0. The van der Waals surface area contributed by atoms with E-state index < -0.39 is 0 Å². The summed E-state index contributed by atoms with van der Waals surface area (Å²) in [4.78, 5) is 38.4. The van der Waals surface area contributed by atoms with Gasteiger partial charge in [0.15, 0.2) is 0 Å². The van der Waals surface area contributed by atoms with Crippen molar-refractivity contribution in [2.45, 2.75) is 38.6 Å². The standard InChI is InChI=1S/C19H27N3O4/c1-3-11-22-12-10-14(8-9-18(22)24)20-19(25)15-6-4-5-7-16(15)21-17(23)13-26-2/h4-7,14H,3,8-13H2,1-2H3,(H,20,25)(H,21,23). The zero-order valence-corrected chi connectivity index (χ0v) is 15.4. The summed E-state index contributed by atoms with van der Waals surface area (Å²) in [6.07, 6.45) is 2.73. The van der Waals surface area contributed by atoms with Crippen molar-refractivity contribution in [1.82, 2.24) is 10.2 Å². The molecule has 2 rings (SSSR count). The average Bonchev–Trinajstić information content (AvgIpc) is 2.78. The highest BCUT2D eigenvalue weighted by Crippen LogP contribution is 2.17. The lowest BCUT2D eigenvalue weighted by Crippen LogP contribution is -2.36. The maximum atomic E-state index is 12.7. The van der Waals surface area contributed by atoms with Gasteiger partial charge in [0, 0.05) is 32.7 Å². The van der Waals surface area contributed by atoms with Gasteiger partial charge in [-0.2, -0.15) is 0 Å². The third kappa shape index (κ3) is 5.56. The molecule has 7 nitrogen and oxygen atoms in total. The van der Waals surface area contributed by atoms with E-state index in [1.807, 2.05) is 11.8 Å². The lowest BCUT2D eigenvalue weighted by atomic mass is 10.1. The summed E-state index contributed by atoms with van der Waals surface area (Å²) in [5.74, 6) is -0.418. The maximum Gasteiger partial charge on any atom is 0.253 e. The topological polar surface area (TPSA) is 87.7 Å². The molecule has 3 amide bonds. The van der Waals surface area contributed by atoms with Crippen LogP contribution in [0.25, 0.3) is 0 Å². The molecule has 1 unspecified atom stereocenters. The van der Waals surface area contributed by atoms with Gasteiger partial charge < -0.3 is 20.3 Å². The van der Waals surface area contributed by atoms with Crippen LogP contribution < -0.4 is 10.6 Å². The Morgan fingerprint density at radius 2 is 2.04 bits per heavy atom. The fourth-order valence-corrected chi connectivity index (χ4v) is 3.06. The number of nitrogens with one attached hydrogen (secondary N) is 2. The molecule has 0 radical (unpaired) electrons. The van der Waals surface area contributed by atoms with Crippen LogP contribution in [0.2, 0.25) is 0 Å². The van der Waals surface area contributed by atoms with Crippen LogP contribution in [0.5, 0.6) is 0 Å². The van der Waals surface area contributed by atoms with Gasteiger partial charge >= 0.3 is 0 Å². The smallest absolute Gasteiger partial charge is 0.253 e. The van der Waals surface area contributed by atoms with E-state index in [1.54, 1.807) is 24.3 Å². The fraction of sp³-hybridized carbons (Fsp3) is 0.526. The number of ether oxygens (including phenoxy) is 1. The van der Waals surface area contributed by atoms with Gasteiger partial charge in [-0.25, -0.2) is 0 Å². The van der Waals surface area contributed by atoms with Gasteiger partial charge in [-0.1, -0.05) is 19.1 Å². The number of amides is 3. The van der Waals surface area contributed by atoms with E-state index >= 15 is 0 Å². The molecule has 2 N–H and O–H groups in total. The first-order valence-corrected chi connectivity index (χ1v) is 9.01. The zero-order chi connectivity index (χ0) is 18.9. The van der Waals surface area contributed by atoms with Crippen molar-refractivity contribution in [3.63, 3.8) is 0 Å². The molecule has 1 atom stereocenters. The maximum absolute atomic E-state index is 12.7. The summed E-state index contributed by atoms with van der Waals surface area (Å²) in [5.41, 5.74) is 0.849. The third-order valence-electron chi connectivity index (χ3n) is 4.36. The number of benzene rings is 1. The molecule has 1 aromatic carbocycles. The Balaban J connectivity index is 2.01. The summed E-state index contributed by atoms with van der Waals surface area (Å²) in [6.45, 7) is 3.39. The Hall–Kier alpha value is -2.41. The van der Waals surface area contributed by atoms with Gasteiger partial charge in [-0.3, -0.25) is 14.4 Å². The molecule has 0 bridgehead atoms. The first-order chi connectivity index (χ1) is 12.5. The second-order valence-corrected chi connectivity index (χ2v) is 6.41. The van der Waals surface area contributed by atoms with E-state index in [4.69, 9.17) is 4.74 Å². The van der Waals surface area contributed by atoms with Gasteiger partial charge in [0.1, 0.15) is 6.61 Å². The number of hydrogen-bond acceptors (Lipinski definition) is 4. The minimum Gasteiger partial charge on any atom is -0.375 e. The number of nitrogens with zero attached hydrogens (tertiary/aromatic N) is 1. The Labute approximate surface area is 154 Å². The summed E-state index contributed by atoms with van der Waals surface area (Å²) in [7, 11) is 1.44. The lowest BCUT2D eigenvalue weighted by Gasteiger charge is -2.20. The van der Waals surface area contributed by atoms with Gasteiger partial charge in [0.2, 0.25) is 11.8 Å². The van der Waals surface area contributed by atoms with Crippen LogP contribution in [0.15, 0.2) is 24.3 Å². The molecule has 0 spiro atoms. The lowest BCUT2D eigenvalue weighted by molar-refractivity contribution is -0.130. The van der Waals surface area contributed by atoms with Crippen LogP contribution in [-0.4, -0.2) is 55.5 Å². The number of rotatable bonds is 7. The molecule has 1 saturated heterocycles. The van der Waals surface area contributed by atoms with E-state index in [-0.39, 0.29) is 30.4 Å². The first kappa shape index (κ1) is 19.9. The van der Waals surface area contributed by atoms with Crippen LogP contribution in [0.1, 0.15) is 43.0 Å². The molecule has 1 heterocycles. The number of anilines is 1. The number of hydrogen-bond donors (Lipinski definition) is 2. The van der Waals surface area contributed by atoms with Gasteiger partial charge in [0.05, 0.1) is 11.3 Å². The highest BCUT2D eigenvalue weighted by Gasteiger charge is 2.24. The minimum atomic E-state index is -0.317. The SMILES string of the molecule is CCCN1CCC(NC(=O)c2ccccc2NC(=O)COC)CCC1=O. The predicted octanol–water partition coefficient (Wildman–Crippen LogP) is 1.79. The van der Waals surface area contributed by atoms with Crippen LogP contribution in [-0.2, 0) is 14.3 Å². The number of carbonyl (C=O) groups is 3. The molecule has 1 aliphatic heterocycles. The van der Waals surface area contributed by atoms with Crippen LogP contribution >= 0.6 is 0 Å². The van der Waals surface area contributed by atoms with Crippen molar-refractivity contribution in [2.24, 2.45) is 0 Å². The number of para-hydroxylation sites is 1. The quantitative estimate of drug-likeness (QED) is 0.775. The van der Waals surface area contributed by atoms with Gasteiger partial charge in [-0.05, 0) is 31.4 Å². The van der Waals surface area contributed by atoms with Gasteiger partial charge in [-0.15, -0.1) is 0 Å². The van der Waals surface area contributed by atoms with Crippen LogP contribution in [0.3, 0.4) is 0 Å². The van der Waals surface area contributed by atoms with Crippen LogP contribution in [0.4, 0.5) is 5.69 Å². The van der Waals surface area contributed by atoms with E-state index in [9.17, 15) is 14.4 Å². The molecule has 0 aromatic heterocycles. The molecule has 142 valence electrons. The first-order valence-electron chi connectivity index (χ1n) is 9.01. The van der Waals surface area contributed by atoms with Crippen molar-refractivity contribution >= 4 is 23.4 Å². The molecular formula is C19H27N3O4. The largest absolute Gasteiger partial charge is 0.375 e. The molecule has 7 heteroatoms. The Kier molecular flexibility index (Phi) is 7.59. The Morgan fingerprint density at radius 3 is 2.77 bits per heavy atom. The predicted molar refractivity (Wildman–Crippen MR) is 98.9 cm³/mol. The highest BCUT2D eigenvalue weighted by atomic mass is 16.5. The molecule has 1 aromatic rings. The summed E-state index contributed by atoms with van der Waals surface area (Å²) in [5, 5.41) is 5.69. The Morgan fingerprint density at radius 1 is 1.27 bits per heavy atom. The van der Waals surface area contributed by atoms with Crippen molar-refractivity contribution in [1.29, 1.82) is 0 Å². The van der Waals surface area contributed by atoms with E-state index in [0.717, 1.165) is 19.4 Å². The summed E-state index contributed by atoms with van der Waals surface area (Å²) in [6, 6.07) is 6.80. The second-order valence-electron chi connectivity index (χ2n) is 6.41. The summed E-state index contributed by atoms with van der Waals surface area (Å²) < 4.78 is 4.80. The minimum absolute atomic E-state index is 0.0592. The van der Waals surface area contributed by atoms with Crippen molar-refractivity contribution in [3.05, 3.63) is 29.8 Å². The molecule has 1 fully saturated rings. The zero-order valence-electron chi connectivity index (χ0n) is 15.4. The molecule has 26 heavy (non-hydrogen) atoms. The fourth-order valence-electron chi connectivity index (χ4n) is 3.06. The average molecular weight is 361 g/mol. The van der Waals surface area contributed by atoms with E-state index in [0.29, 0.717) is 30.6 Å². The normalized spacial score (nSPS) is 17.5. The van der Waals surface area contributed by atoms with E-state index in [1.165, 1.54) is 7.11 Å². The monoisotopic (exact) mass is 361 g/mol. The number of likely N-dealkylation sites (tertiary alicyclic amines) is 1. The van der Waals surface area contributed by atoms with Gasteiger partial charge in [0.25, 0.3) is 5.91 Å². The molecule has 1 aliphatic rings. The molecule has 0 saturated carbocycles. The van der Waals surface area contributed by atoms with E-state index in [2.05, 4.69) is 10.6 Å². The third-order valence-corrected chi connectivity index (χ3v) is 4.36. The van der Waals surface area contributed by atoms with Crippen molar-refractivity contribution in [2.75, 3.05) is 32.1 Å². The highest BCUT2D eigenvalue weighted by molar-refractivity contribution is 6.04. The van der Waals surface area contributed by atoms with Crippen LogP contribution in [0, 0.1) is 0 Å². The molecule has 0 aliphatic carbocycles. The number of methoxy groups -OCH3 is 1. The Bertz CT molecular complexity index is 647. The second kappa shape index (κ2) is 9.91. The van der Waals surface area contributed by atoms with Crippen molar-refractivity contribution < 1.29 is 19.1 Å². The van der Waals surface area contributed by atoms with Crippen molar-refractivity contribution in [3.8, 4) is 0 Å².